The molecule has 0 unspecified atom stereocenters. The Bertz CT molecular complexity index is 1130. The van der Waals surface area contributed by atoms with E-state index in [1.54, 1.807) is 19.2 Å². The summed E-state index contributed by atoms with van der Waals surface area (Å²) in [6.45, 7) is 0. The van der Waals surface area contributed by atoms with E-state index >= 15 is 0 Å². The average Bonchev–Trinajstić information content (AvgIpc) is 3.24. The molecule has 0 N–H and O–H groups in total. The highest BCUT2D eigenvalue weighted by Crippen LogP contribution is 2.47. The van der Waals surface area contributed by atoms with Crippen LogP contribution in [-0.4, -0.2) is 22.8 Å². The monoisotopic (exact) mass is 401 g/mol. The number of hydrogen-bond donors (Lipinski definition) is 0. The zero-order valence-corrected chi connectivity index (χ0v) is 16.3. The fourth-order valence-corrected chi connectivity index (χ4v) is 3.97. The number of hydrogen-bond acceptors (Lipinski definition) is 6. The van der Waals surface area contributed by atoms with Crippen molar-refractivity contribution in [3.63, 3.8) is 0 Å². The van der Waals surface area contributed by atoms with Gasteiger partial charge in [0, 0.05) is 29.7 Å². The Labute approximate surface area is 173 Å². The maximum atomic E-state index is 11.0. The molecule has 0 fully saturated rings. The fourth-order valence-electron chi connectivity index (χ4n) is 3.97. The number of hydrazone groups is 1. The van der Waals surface area contributed by atoms with E-state index in [1.165, 1.54) is 12.1 Å². The van der Waals surface area contributed by atoms with Gasteiger partial charge in [0.25, 0.3) is 5.69 Å². The number of benzene rings is 3. The van der Waals surface area contributed by atoms with Crippen LogP contribution in [0.3, 0.4) is 0 Å². The van der Waals surface area contributed by atoms with Crippen LogP contribution >= 0.6 is 0 Å². The molecule has 150 valence electrons. The van der Waals surface area contributed by atoms with Crippen molar-refractivity contribution < 1.29 is 14.4 Å². The van der Waals surface area contributed by atoms with Gasteiger partial charge in [-0.2, -0.15) is 5.10 Å². The molecule has 2 aliphatic rings. The Morgan fingerprint density at radius 1 is 1.07 bits per heavy atom. The molecule has 0 bridgehead atoms. The summed E-state index contributed by atoms with van der Waals surface area (Å²) >= 11 is 0. The summed E-state index contributed by atoms with van der Waals surface area (Å²) in [5, 5.41) is 17.9. The quantitative estimate of drug-likeness (QED) is 0.462. The molecular weight excluding hydrogens is 382 g/mol. The van der Waals surface area contributed by atoms with Crippen molar-refractivity contribution in [1.82, 2.24) is 5.01 Å². The van der Waals surface area contributed by atoms with Crippen LogP contribution in [-0.2, 0) is 0 Å². The number of ether oxygens (including phenoxy) is 2. The van der Waals surface area contributed by atoms with Gasteiger partial charge < -0.3 is 9.47 Å². The van der Waals surface area contributed by atoms with E-state index in [0.29, 0.717) is 0 Å². The van der Waals surface area contributed by atoms with Crippen molar-refractivity contribution in [2.75, 3.05) is 7.11 Å². The van der Waals surface area contributed by atoms with E-state index in [2.05, 4.69) is 6.07 Å². The topological polar surface area (TPSA) is 77.2 Å². The number of nitrogens with zero attached hydrogens (tertiary/aromatic N) is 3. The number of nitro benzene ring substituents is 1. The standard InChI is InChI=1S/C23H19N3O4/c1-29-18-12-8-15(9-13-18)20-14-21-19-4-2-3-5-22(19)30-23(25(21)24-20)16-6-10-17(11-7-16)26(27)28/h2-13,21,23H,14H2,1H3/t21-,23+/m0/s1. The van der Waals surface area contributed by atoms with Crippen LogP contribution in [0.1, 0.15) is 35.4 Å². The van der Waals surface area contributed by atoms with E-state index in [0.717, 1.165) is 40.3 Å². The summed E-state index contributed by atoms with van der Waals surface area (Å²) in [6.07, 6.45) is 0.289. The summed E-state index contributed by atoms with van der Waals surface area (Å²) in [5.41, 5.74) is 3.96. The van der Waals surface area contributed by atoms with Crippen LogP contribution in [0.4, 0.5) is 5.69 Å². The number of para-hydroxylation sites is 1. The first-order chi connectivity index (χ1) is 14.6. The van der Waals surface area contributed by atoms with Crippen LogP contribution in [0, 0.1) is 10.1 Å². The smallest absolute Gasteiger partial charge is 0.269 e. The molecule has 5 rings (SSSR count). The summed E-state index contributed by atoms with van der Waals surface area (Å²) in [5.74, 6) is 1.61. The number of methoxy groups -OCH3 is 1. The Balaban J connectivity index is 1.54. The first-order valence-electron chi connectivity index (χ1n) is 9.64. The maximum absolute atomic E-state index is 11.0. The zero-order valence-electron chi connectivity index (χ0n) is 16.3. The maximum Gasteiger partial charge on any atom is 0.269 e. The predicted molar refractivity (Wildman–Crippen MR) is 112 cm³/mol. The Hall–Kier alpha value is -3.87. The zero-order chi connectivity index (χ0) is 20.7. The number of rotatable bonds is 4. The molecule has 0 radical (unpaired) electrons. The second-order valence-corrected chi connectivity index (χ2v) is 7.23. The average molecular weight is 401 g/mol. The fraction of sp³-hybridized carbons (Fsp3) is 0.174. The summed E-state index contributed by atoms with van der Waals surface area (Å²) in [4.78, 5) is 10.6. The molecule has 0 aromatic heterocycles. The third-order valence-corrected chi connectivity index (χ3v) is 5.51. The Morgan fingerprint density at radius 3 is 2.50 bits per heavy atom. The molecule has 2 heterocycles. The highest BCUT2D eigenvalue weighted by molar-refractivity contribution is 6.02. The largest absolute Gasteiger partial charge is 0.497 e. The molecule has 0 spiro atoms. The lowest BCUT2D eigenvalue weighted by Gasteiger charge is -2.38. The lowest BCUT2D eigenvalue weighted by atomic mass is 9.96. The minimum atomic E-state index is -0.457. The molecular formula is C23H19N3O4. The molecule has 30 heavy (non-hydrogen) atoms. The predicted octanol–water partition coefficient (Wildman–Crippen LogP) is 4.85. The lowest BCUT2D eigenvalue weighted by molar-refractivity contribution is -0.384. The summed E-state index contributed by atoms with van der Waals surface area (Å²) in [6, 6.07) is 22.3. The van der Waals surface area contributed by atoms with E-state index in [9.17, 15) is 10.1 Å². The summed E-state index contributed by atoms with van der Waals surface area (Å²) < 4.78 is 11.5. The number of non-ortho nitro benzene ring substituents is 1. The second kappa shape index (κ2) is 7.18. The highest BCUT2D eigenvalue weighted by atomic mass is 16.6. The van der Waals surface area contributed by atoms with Gasteiger partial charge in [0.2, 0.25) is 6.23 Å². The van der Waals surface area contributed by atoms with E-state index < -0.39 is 11.2 Å². The van der Waals surface area contributed by atoms with Gasteiger partial charge in [-0.05, 0) is 48.0 Å². The van der Waals surface area contributed by atoms with Crippen molar-refractivity contribution in [2.45, 2.75) is 18.7 Å². The SMILES string of the molecule is COc1ccc(C2=NN3[C@@H](c4ccc([N+](=O)[O-])cc4)Oc4ccccc4[C@@H]3C2)cc1. The molecule has 0 aliphatic carbocycles. The van der Waals surface area contributed by atoms with Gasteiger partial charge in [-0.1, -0.05) is 18.2 Å². The Morgan fingerprint density at radius 2 is 1.80 bits per heavy atom. The van der Waals surface area contributed by atoms with E-state index in [1.807, 2.05) is 47.5 Å². The van der Waals surface area contributed by atoms with Crippen molar-refractivity contribution in [2.24, 2.45) is 5.10 Å². The molecule has 0 saturated carbocycles. The van der Waals surface area contributed by atoms with E-state index in [4.69, 9.17) is 14.6 Å². The van der Waals surface area contributed by atoms with Crippen LogP contribution in [0.2, 0.25) is 0 Å². The molecule has 0 amide bonds. The molecule has 7 nitrogen and oxygen atoms in total. The van der Waals surface area contributed by atoms with Crippen molar-refractivity contribution in [3.05, 3.63) is 99.6 Å². The van der Waals surface area contributed by atoms with Gasteiger partial charge in [0.15, 0.2) is 0 Å². The van der Waals surface area contributed by atoms with Crippen LogP contribution < -0.4 is 9.47 Å². The first kappa shape index (κ1) is 18.2. The second-order valence-electron chi connectivity index (χ2n) is 7.23. The van der Waals surface area contributed by atoms with Gasteiger partial charge in [-0.25, -0.2) is 5.01 Å². The number of fused-ring (bicyclic) bond motifs is 3. The van der Waals surface area contributed by atoms with Crippen LogP contribution in [0.15, 0.2) is 77.9 Å². The van der Waals surface area contributed by atoms with Crippen molar-refractivity contribution in [3.8, 4) is 11.5 Å². The molecule has 2 aliphatic heterocycles. The van der Waals surface area contributed by atoms with E-state index in [-0.39, 0.29) is 11.7 Å². The molecule has 7 heteroatoms. The molecule has 3 aromatic carbocycles. The Kier molecular flexibility index (Phi) is 4.35. The molecule has 3 aromatic rings. The molecule has 0 saturated heterocycles. The van der Waals surface area contributed by atoms with Crippen molar-refractivity contribution in [1.29, 1.82) is 0 Å². The summed E-state index contributed by atoms with van der Waals surface area (Å²) in [7, 11) is 1.64. The van der Waals surface area contributed by atoms with Gasteiger partial charge >= 0.3 is 0 Å². The van der Waals surface area contributed by atoms with Crippen LogP contribution in [0.25, 0.3) is 0 Å². The van der Waals surface area contributed by atoms with Gasteiger partial charge in [0.05, 0.1) is 23.8 Å². The third-order valence-electron chi connectivity index (χ3n) is 5.51. The van der Waals surface area contributed by atoms with Crippen molar-refractivity contribution >= 4 is 11.4 Å². The normalized spacial score (nSPS) is 19.4. The minimum Gasteiger partial charge on any atom is -0.497 e. The molecule has 2 atom stereocenters. The van der Waals surface area contributed by atoms with Gasteiger partial charge in [-0.3, -0.25) is 10.1 Å². The van der Waals surface area contributed by atoms with Gasteiger partial charge in [-0.15, -0.1) is 0 Å². The van der Waals surface area contributed by atoms with Gasteiger partial charge in [0.1, 0.15) is 11.5 Å². The minimum absolute atomic E-state index is 0.0345. The highest BCUT2D eigenvalue weighted by Gasteiger charge is 2.40. The number of nitro groups is 1. The van der Waals surface area contributed by atoms with Crippen LogP contribution in [0.5, 0.6) is 11.5 Å². The third kappa shape index (κ3) is 3.04. The lowest BCUT2D eigenvalue weighted by Crippen LogP contribution is -2.33. The first-order valence-corrected chi connectivity index (χ1v) is 9.64.